The van der Waals surface area contributed by atoms with Gasteiger partial charge in [0.25, 0.3) is 0 Å². The van der Waals surface area contributed by atoms with Crippen molar-refractivity contribution in [1.82, 2.24) is 30.1 Å². The molecule has 0 saturated carbocycles. The van der Waals surface area contributed by atoms with Crippen molar-refractivity contribution in [3.8, 4) is 34.5 Å². The topological polar surface area (TPSA) is 120 Å². The second-order valence-corrected chi connectivity index (χ2v) is 6.44. The standard InChI is InChI=1S/C21H14N6O3/c1-12-24-21(27-30-12)16-6-5-14(10-23-16)29-19-9-18-17(8-13(19)11-28)25-20(26-18)15-4-2-3-7-22-15/h2-11H,1H3,(H,25,26). The van der Waals surface area contributed by atoms with E-state index in [1.54, 1.807) is 37.4 Å². The molecule has 0 atom stereocenters. The molecule has 0 spiro atoms. The summed E-state index contributed by atoms with van der Waals surface area (Å²) < 4.78 is 10.9. The third-order valence-corrected chi connectivity index (χ3v) is 4.37. The van der Waals surface area contributed by atoms with Crippen LogP contribution in [0.15, 0.2) is 59.4 Å². The maximum absolute atomic E-state index is 11.6. The van der Waals surface area contributed by atoms with E-state index in [0.717, 1.165) is 6.29 Å². The van der Waals surface area contributed by atoms with Crippen LogP contribution >= 0.6 is 0 Å². The van der Waals surface area contributed by atoms with E-state index in [0.29, 0.717) is 57.0 Å². The fourth-order valence-corrected chi connectivity index (χ4v) is 2.96. The summed E-state index contributed by atoms with van der Waals surface area (Å²) in [5.41, 5.74) is 3.02. The number of carbonyl (C=O) groups is 1. The first kappa shape index (κ1) is 17.7. The summed E-state index contributed by atoms with van der Waals surface area (Å²) >= 11 is 0. The van der Waals surface area contributed by atoms with Crippen LogP contribution in [0.4, 0.5) is 0 Å². The minimum atomic E-state index is 0.376. The smallest absolute Gasteiger partial charge is 0.223 e. The average Bonchev–Trinajstić information content (AvgIpc) is 3.40. The van der Waals surface area contributed by atoms with Crippen LogP contribution in [0.2, 0.25) is 0 Å². The van der Waals surface area contributed by atoms with Gasteiger partial charge in [0.05, 0.1) is 22.8 Å². The molecule has 9 heteroatoms. The van der Waals surface area contributed by atoms with E-state index >= 15 is 0 Å². The molecule has 146 valence electrons. The molecule has 0 saturated heterocycles. The Labute approximate surface area is 169 Å². The average molecular weight is 398 g/mol. The quantitative estimate of drug-likeness (QED) is 0.441. The van der Waals surface area contributed by atoms with Crippen molar-refractivity contribution in [3.63, 3.8) is 0 Å². The van der Waals surface area contributed by atoms with Crippen molar-refractivity contribution in [2.45, 2.75) is 6.92 Å². The highest BCUT2D eigenvalue weighted by Gasteiger charge is 2.13. The molecule has 0 unspecified atom stereocenters. The Balaban J connectivity index is 1.46. The molecule has 0 fully saturated rings. The highest BCUT2D eigenvalue weighted by molar-refractivity contribution is 5.90. The van der Waals surface area contributed by atoms with Gasteiger partial charge in [-0.1, -0.05) is 11.2 Å². The summed E-state index contributed by atoms with van der Waals surface area (Å²) in [5.74, 6) is 2.30. The molecule has 1 N–H and O–H groups in total. The number of imidazole rings is 1. The van der Waals surface area contributed by atoms with Crippen molar-refractivity contribution in [1.29, 1.82) is 0 Å². The highest BCUT2D eigenvalue weighted by atomic mass is 16.5. The Kier molecular flexibility index (Phi) is 4.25. The first-order chi connectivity index (χ1) is 14.7. The van der Waals surface area contributed by atoms with Gasteiger partial charge in [0.1, 0.15) is 22.9 Å². The van der Waals surface area contributed by atoms with Crippen LogP contribution in [0, 0.1) is 6.92 Å². The number of benzene rings is 1. The molecule has 0 aliphatic rings. The lowest BCUT2D eigenvalue weighted by molar-refractivity contribution is 0.112. The fourth-order valence-electron chi connectivity index (χ4n) is 2.96. The number of aryl methyl sites for hydroxylation is 1. The minimum Gasteiger partial charge on any atom is -0.455 e. The maximum atomic E-state index is 11.6. The molecule has 4 aromatic heterocycles. The molecule has 0 bridgehead atoms. The van der Waals surface area contributed by atoms with Gasteiger partial charge in [0.15, 0.2) is 12.1 Å². The molecule has 9 nitrogen and oxygen atoms in total. The van der Waals surface area contributed by atoms with Crippen molar-refractivity contribution < 1.29 is 14.1 Å². The molecule has 0 amide bonds. The zero-order chi connectivity index (χ0) is 20.5. The molecule has 5 aromatic rings. The fraction of sp³-hybridized carbons (Fsp3) is 0.0476. The molecule has 0 aliphatic carbocycles. The molecule has 5 rings (SSSR count). The van der Waals surface area contributed by atoms with Gasteiger partial charge < -0.3 is 14.2 Å². The van der Waals surface area contributed by atoms with Gasteiger partial charge in [-0.2, -0.15) is 4.98 Å². The number of rotatable bonds is 5. The van der Waals surface area contributed by atoms with Crippen LogP contribution in [0.3, 0.4) is 0 Å². The molecular formula is C21H14N6O3. The van der Waals surface area contributed by atoms with Gasteiger partial charge in [-0.3, -0.25) is 9.78 Å². The number of ether oxygens (including phenoxy) is 1. The number of fused-ring (bicyclic) bond motifs is 1. The Morgan fingerprint density at radius 1 is 1.07 bits per heavy atom. The Hall–Kier alpha value is -4.40. The minimum absolute atomic E-state index is 0.376. The second kappa shape index (κ2) is 7.21. The summed E-state index contributed by atoms with van der Waals surface area (Å²) in [6.07, 6.45) is 3.96. The van der Waals surface area contributed by atoms with E-state index in [4.69, 9.17) is 9.26 Å². The van der Waals surface area contributed by atoms with Crippen LogP contribution in [0.25, 0.3) is 34.1 Å². The third-order valence-electron chi connectivity index (χ3n) is 4.37. The van der Waals surface area contributed by atoms with E-state index in [1.807, 2.05) is 18.2 Å². The number of hydrogen-bond donors (Lipinski definition) is 1. The molecule has 1 aromatic carbocycles. The van der Waals surface area contributed by atoms with Gasteiger partial charge in [-0.25, -0.2) is 9.97 Å². The van der Waals surface area contributed by atoms with E-state index in [2.05, 4.69) is 30.1 Å². The summed E-state index contributed by atoms with van der Waals surface area (Å²) in [7, 11) is 0. The van der Waals surface area contributed by atoms with Gasteiger partial charge in [0, 0.05) is 19.2 Å². The monoisotopic (exact) mass is 398 g/mol. The predicted octanol–water partition coefficient (Wildman–Crippen LogP) is 3.98. The Morgan fingerprint density at radius 2 is 2.00 bits per heavy atom. The van der Waals surface area contributed by atoms with E-state index in [9.17, 15) is 4.79 Å². The van der Waals surface area contributed by atoms with Crippen molar-refractivity contribution >= 4 is 17.3 Å². The van der Waals surface area contributed by atoms with Crippen molar-refractivity contribution in [3.05, 3.63) is 66.3 Å². The number of pyridine rings is 2. The zero-order valence-corrected chi connectivity index (χ0v) is 15.7. The second-order valence-electron chi connectivity index (χ2n) is 6.44. The van der Waals surface area contributed by atoms with Crippen LogP contribution in [-0.4, -0.2) is 36.4 Å². The van der Waals surface area contributed by atoms with Gasteiger partial charge in [-0.05, 0) is 30.3 Å². The number of nitrogens with one attached hydrogen (secondary N) is 1. The maximum Gasteiger partial charge on any atom is 0.223 e. The summed E-state index contributed by atoms with van der Waals surface area (Å²) in [6, 6.07) is 12.4. The summed E-state index contributed by atoms with van der Waals surface area (Å²) in [4.78, 5) is 32.1. The summed E-state index contributed by atoms with van der Waals surface area (Å²) in [6.45, 7) is 1.71. The SMILES string of the molecule is Cc1nc(-c2ccc(Oc3cc4nc(-c5ccccn5)[nH]c4cc3C=O)cn2)no1. The number of aldehydes is 1. The molecule has 4 heterocycles. The molecule has 30 heavy (non-hydrogen) atoms. The normalized spacial score (nSPS) is 11.0. The Morgan fingerprint density at radius 3 is 2.70 bits per heavy atom. The number of carbonyl (C=O) groups excluding carboxylic acids is 1. The number of nitrogens with zero attached hydrogens (tertiary/aromatic N) is 5. The highest BCUT2D eigenvalue weighted by Crippen LogP contribution is 2.30. The summed E-state index contributed by atoms with van der Waals surface area (Å²) in [5, 5.41) is 3.84. The molecular weight excluding hydrogens is 384 g/mol. The van der Waals surface area contributed by atoms with Crippen molar-refractivity contribution in [2.75, 3.05) is 0 Å². The van der Waals surface area contributed by atoms with Gasteiger partial charge in [-0.15, -0.1) is 0 Å². The first-order valence-electron chi connectivity index (χ1n) is 9.04. The predicted molar refractivity (Wildman–Crippen MR) is 107 cm³/mol. The van der Waals surface area contributed by atoms with Crippen LogP contribution in [0.1, 0.15) is 16.2 Å². The van der Waals surface area contributed by atoms with Crippen LogP contribution < -0.4 is 4.74 Å². The largest absolute Gasteiger partial charge is 0.455 e. The lowest BCUT2D eigenvalue weighted by atomic mass is 10.2. The van der Waals surface area contributed by atoms with Gasteiger partial charge >= 0.3 is 0 Å². The van der Waals surface area contributed by atoms with E-state index in [-0.39, 0.29) is 0 Å². The number of hydrogen-bond acceptors (Lipinski definition) is 8. The number of aromatic nitrogens is 6. The zero-order valence-electron chi connectivity index (χ0n) is 15.7. The van der Waals surface area contributed by atoms with E-state index < -0.39 is 0 Å². The van der Waals surface area contributed by atoms with Crippen LogP contribution in [0.5, 0.6) is 11.5 Å². The first-order valence-corrected chi connectivity index (χ1v) is 9.04. The lowest BCUT2D eigenvalue weighted by Crippen LogP contribution is -1.93. The van der Waals surface area contributed by atoms with Gasteiger partial charge in [0.2, 0.25) is 11.7 Å². The molecule has 0 aliphatic heterocycles. The number of H-pyrrole nitrogens is 1. The Bertz CT molecular complexity index is 1340. The van der Waals surface area contributed by atoms with Crippen molar-refractivity contribution in [2.24, 2.45) is 0 Å². The third kappa shape index (κ3) is 3.28. The molecule has 0 radical (unpaired) electrons. The number of aromatic amines is 1. The lowest BCUT2D eigenvalue weighted by Gasteiger charge is -2.08. The van der Waals surface area contributed by atoms with Crippen LogP contribution in [-0.2, 0) is 0 Å². The van der Waals surface area contributed by atoms with E-state index in [1.165, 1.54) is 6.20 Å².